The van der Waals surface area contributed by atoms with E-state index in [0.29, 0.717) is 6.42 Å². The van der Waals surface area contributed by atoms with Crippen LogP contribution in [0.1, 0.15) is 39.5 Å². The molecule has 0 bridgehead atoms. The van der Waals surface area contributed by atoms with E-state index < -0.39 is 17.4 Å². The second-order valence-corrected chi connectivity index (χ2v) is 4.69. The highest BCUT2D eigenvalue weighted by Gasteiger charge is 2.43. The maximum absolute atomic E-state index is 12.0. The van der Waals surface area contributed by atoms with Crippen molar-refractivity contribution in [2.75, 3.05) is 0 Å². The van der Waals surface area contributed by atoms with Gasteiger partial charge in [-0.2, -0.15) is 0 Å². The molecule has 1 saturated carbocycles. The van der Waals surface area contributed by atoms with Crippen molar-refractivity contribution in [1.29, 1.82) is 0 Å². The number of carboxylic acid groups (broad SMARTS) is 1. The Morgan fingerprint density at radius 3 is 2.62 bits per heavy atom. The Labute approximate surface area is 95.4 Å². The van der Waals surface area contributed by atoms with Gasteiger partial charge in [-0.05, 0) is 26.2 Å². The molecule has 1 fully saturated rings. The van der Waals surface area contributed by atoms with Gasteiger partial charge >= 0.3 is 5.97 Å². The number of carbonyl (C=O) groups is 2. The lowest BCUT2D eigenvalue weighted by Crippen LogP contribution is -2.52. The van der Waals surface area contributed by atoms with Crippen LogP contribution < -0.4 is 11.1 Å². The van der Waals surface area contributed by atoms with Crippen LogP contribution in [0.5, 0.6) is 0 Å². The number of aliphatic carboxylic acids is 1. The summed E-state index contributed by atoms with van der Waals surface area (Å²) in [5.41, 5.74) is 5.29. The van der Waals surface area contributed by atoms with Crippen LogP contribution in [0.3, 0.4) is 0 Å². The standard InChI is InChI=1S/C11H20N2O3/c1-3-7(9(14)15)13-10(16)11(2)6-4-5-8(11)12/h7-8H,3-6,12H2,1-2H3,(H,13,16)(H,14,15)/t7-,8?,11?/m0/s1. The molecule has 1 aliphatic carbocycles. The fourth-order valence-electron chi connectivity index (χ4n) is 2.14. The first-order valence-corrected chi connectivity index (χ1v) is 5.71. The molecule has 92 valence electrons. The van der Waals surface area contributed by atoms with Crippen LogP contribution in [-0.2, 0) is 9.59 Å². The quantitative estimate of drug-likeness (QED) is 0.652. The van der Waals surface area contributed by atoms with Gasteiger partial charge in [0.2, 0.25) is 5.91 Å². The first-order chi connectivity index (χ1) is 7.41. The summed E-state index contributed by atoms with van der Waals surface area (Å²) in [6, 6.07) is -0.976. The summed E-state index contributed by atoms with van der Waals surface area (Å²) in [7, 11) is 0. The number of nitrogens with two attached hydrogens (primary N) is 1. The minimum absolute atomic E-state index is 0.168. The molecule has 0 spiro atoms. The molecule has 5 nitrogen and oxygen atoms in total. The molecular formula is C11H20N2O3. The summed E-state index contributed by atoms with van der Waals surface area (Å²) in [5, 5.41) is 11.4. The zero-order valence-electron chi connectivity index (χ0n) is 9.82. The van der Waals surface area contributed by atoms with Crippen molar-refractivity contribution >= 4 is 11.9 Å². The highest BCUT2D eigenvalue weighted by Crippen LogP contribution is 2.36. The predicted octanol–water partition coefficient (Wildman–Crippen LogP) is 0.483. The van der Waals surface area contributed by atoms with Gasteiger partial charge in [-0.1, -0.05) is 13.3 Å². The lowest BCUT2D eigenvalue weighted by atomic mass is 9.84. The SMILES string of the molecule is CC[C@H](NC(=O)C1(C)CCCC1N)C(=O)O. The molecule has 0 aromatic carbocycles. The Morgan fingerprint density at radius 2 is 2.25 bits per heavy atom. The molecule has 16 heavy (non-hydrogen) atoms. The van der Waals surface area contributed by atoms with Gasteiger partial charge in [-0.3, -0.25) is 4.79 Å². The molecular weight excluding hydrogens is 208 g/mol. The Hall–Kier alpha value is -1.10. The minimum Gasteiger partial charge on any atom is -0.480 e. The summed E-state index contributed by atoms with van der Waals surface area (Å²) < 4.78 is 0. The van der Waals surface area contributed by atoms with E-state index in [0.717, 1.165) is 19.3 Å². The zero-order valence-corrected chi connectivity index (χ0v) is 9.82. The third kappa shape index (κ3) is 2.35. The van der Waals surface area contributed by atoms with Crippen LogP contribution in [0.4, 0.5) is 0 Å². The van der Waals surface area contributed by atoms with Crippen LogP contribution in [-0.4, -0.2) is 29.1 Å². The highest BCUT2D eigenvalue weighted by molar-refractivity contribution is 5.88. The number of amides is 1. The van der Waals surface area contributed by atoms with Crippen molar-refractivity contribution in [2.45, 2.75) is 51.6 Å². The van der Waals surface area contributed by atoms with Gasteiger partial charge in [0.05, 0.1) is 5.41 Å². The Bertz CT molecular complexity index is 293. The molecule has 0 aromatic heterocycles. The summed E-state index contributed by atoms with van der Waals surface area (Å²) >= 11 is 0. The molecule has 1 amide bonds. The van der Waals surface area contributed by atoms with Gasteiger partial charge in [0.1, 0.15) is 6.04 Å². The summed E-state index contributed by atoms with van der Waals surface area (Å²) in [6.45, 7) is 3.55. The number of hydrogen-bond acceptors (Lipinski definition) is 3. The topological polar surface area (TPSA) is 92.4 Å². The fraction of sp³-hybridized carbons (Fsp3) is 0.818. The maximum Gasteiger partial charge on any atom is 0.326 e. The largest absolute Gasteiger partial charge is 0.480 e. The van der Waals surface area contributed by atoms with E-state index in [1.807, 2.05) is 6.92 Å². The van der Waals surface area contributed by atoms with Crippen molar-refractivity contribution in [3.8, 4) is 0 Å². The Morgan fingerprint density at radius 1 is 1.62 bits per heavy atom. The lowest BCUT2D eigenvalue weighted by Gasteiger charge is -2.29. The number of carboxylic acids is 1. The van der Waals surface area contributed by atoms with E-state index in [2.05, 4.69) is 5.32 Å². The molecule has 1 aliphatic rings. The summed E-state index contributed by atoms with van der Waals surface area (Å²) in [5.74, 6) is -1.22. The van der Waals surface area contributed by atoms with Crippen LogP contribution in [0, 0.1) is 5.41 Å². The first-order valence-electron chi connectivity index (χ1n) is 5.71. The van der Waals surface area contributed by atoms with Crippen molar-refractivity contribution in [3.05, 3.63) is 0 Å². The van der Waals surface area contributed by atoms with Gasteiger partial charge in [0, 0.05) is 6.04 Å². The van der Waals surface area contributed by atoms with Crippen LogP contribution >= 0.6 is 0 Å². The van der Waals surface area contributed by atoms with Gasteiger partial charge in [-0.25, -0.2) is 4.79 Å². The predicted molar refractivity (Wildman–Crippen MR) is 59.8 cm³/mol. The second kappa shape index (κ2) is 4.82. The molecule has 0 heterocycles. The molecule has 0 aromatic rings. The maximum atomic E-state index is 12.0. The average Bonchev–Trinajstić information content (AvgIpc) is 2.56. The van der Waals surface area contributed by atoms with Crippen molar-refractivity contribution in [2.24, 2.45) is 11.1 Å². The molecule has 3 atom stereocenters. The Kier molecular flexibility index (Phi) is 3.91. The first kappa shape index (κ1) is 13.0. The Balaban J connectivity index is 2.67. The molecule has 4 N–H and O–H groups in total. The van der Waals surface area contributed by atoms with Crippen LogP contribution in [0.2, 0.25) is 0 Å². The molecule has 0 radical (unpaired) electrons. The van der Waals surface area contributed by atoms with E-state index in [-0.39, 0.29) is 11.9 Å². The summed E-state index contributed by atoms with van der Waals surface area (Å²) in [6.07, 6.45) is 2.87. The fourth-order valence-corrected chi connectivity index (χ4v) is 2.14. The lowest BCUT2D eigenvalue weighted by molar-refractivity contribution is -0.143. The van der Waals surface area contributed by atoms with Crippen LogP contribution in [0.25, 0.3) is 0 Å². The van der Waals surface area contributed by atoms with Crippen molar-refractivity contribution in [3.63, 3.8) is 0 Å². The molecule has 0 saturated heterocycles. The van der Waals surface area contributed by atoms with Crippen molar-refractivity contribution in [1.82, 2.24) is 5.32 Å². The molecule has 0 aliphatic heterocycles. The van der Waals surface area contributed by atoms with E-state index >= 15 is 0 Å². The number of hydrogen-bond donors (Lipinski definition) is 3. The number of carbonyl (C=O) groups excluding carboxylic acids is 1. The van der Waals surface area contributed by atoms with Gasteiger partial charge < -0.3 is 16.2 Å². The second-order valence-electron chi connectivity index (χ2n) is 4.69. The van der Waals surface area contributed by atoms with Crippen molar-refractivity contribution < 1.29 is 14.7 Å². The van der Waals surface area contributed by atoms with E-state index in [1.165, 1.54) is 0 Å². The van der Waals surface area contributed by atoms with Gasteiger partial charge in [0.15, 0.2) is 0 Å². The van der Waals surface area contributed by atoms with E-state index in [4.69, 9.17) is 10.8 Å². The normalized spacial score (nSPS) is 31.1. The van der Waals surface area contributed by atoms with Crippen LogP contribution in [0.15, 0.2) is 0 Å². The smallest absolute Gasteiger partial charge is 0.326 e. The minimum atomic E-state index is -0.994. The molecule has 5 heteroatoms. The van der Waals surface area contributed by atoms with E-state index in [9.17, 15) is 9.59 Å². The van der Waals surface area contributed by atoms with E-state index in [1.54, 1.807) is 6.92 Å². The third-order valence-corrected chi connectivity index (χ3v) is 3.56. The summed E-state index contributed by atoms with van der Waals surface area (Å²) in [4.78, 5) is 22.8. The molecule has 1 rings (SSSR count). The van der Waals surface area contributed by atoms with Gasteiger partial charge in [-0.15, -0.1) is 0 Å². The monoisotopic (exact) mass is 228 g/mol. The number of rotatable bonds is 4. The van der Waals surface area contributed by atoms with Gasteiger partial charge in [0.25, 0.3) is 0 Å². The number of nitrogens with one attached hydrogen (secondary N) is 1. The highest BCUT2D eigenvalue weighted by atomic mass is 16.4. The average molecular weight is 228 g/mol. The molecule has 2 unspecified atom stereocenters. The zero-order chi connectivity index (χ0) is 12.3. The third-order valence-electron chi connectivity index (χ3n) is 3.56.